The van der Waals surface area contributed by atoms with Crippen molar-refractivity contribution in [2.75, 3.05) is 26.8 Å². The molecule has 0 saturated heterocycles. The van der Waals surface area contributed by atoms with Crippen molar-refractivity contribution in [2.45, 2.75) is 44.2 Å². The molecule has 2 atom stereocenters. The van der Waals surface area contributed by atoms with Gasteiger partial charge in [-0.15, -0.1) is 0 Å². The fourth-order valence-corrected chi connectivity index (χ4v) is 5.79. The van der Waals surface area contributed by atoms with Crippen LogP contribution in [0.1, 0.15) is 25.0 Å². The van der Waals surface area contributed by atoms with Crippen LogP contribution in [0.15, 0.2) is 83.8 Å². The predicted octanol–water partition coefficient (Wildman–Crippen LogP) is 3.82. The molecule has 0 fully saturated rings. The highest BCUT2D eigenvalue weighted by Crippen LogP contribution is 2.22. The van der Waals surface area contributed by atoms with Gasteiger partial charge in [-0.3, -0.25) is 4.79 Å². The Kier molecular flexibility index (Phi) is 10.9. The minimum atomic E-state index is -3.92. The molecule has 210 valence electrons. The number of aliphatic hydroxyl groups excluding tert-OH is 1. The van der Waals surface area contributed by atoms with Gasteiger partial charge in [0, 0.05) is 13.1 Å². The van der Waals surface area contributed by atoms with Crippen molar-refractivity contribution >= 4 is 15.9 Å². The monoisotopic (exact) mass is 554 g/mol. The number of hydrogen-bond acceptors (Lipinski definition) is 6. The number of nitrogens with one attached hydrogen (secondary N) is 1. The fraction of sp³-hybridized carbons (Fsp3) is 0.367. The summed E-state index contributed by atoms with van der Waals surface area (Å²) in [5, 5.41) is 14.2. The van der Waals surface area contributed by atoms with Crippen molar-refractivity contribution in [3.63, 3.8) is 0 Å². The number of carbonyl (C=O) groups excluding carboxylic acids is 1. The molecule has 9 heteroatoms. The SMILES string of the molecule is COc1ccc(S(=O)(=O)N(CC(C)C)C[C@@H](O)[C@H](Cc2ccccc2)NC(=O)COc2ccccc2C)cc1. The number of para-hydroxylation sites is 1. The number of carbonyl (C=O) groups is 1. The largest absolute Gasteiger partial charge is 0.497 e. The Morgan fingerprint density at radius 1 is 0.949 bits per heavy atom. The van der Waals surface area contributed by atoms with Crippen molar-refractivity contribution in [3.8, 4) is 11.5 Å². The first kappa shape index (κ1) is 30.1. The standard InChI is InChI=1S/C30H38N2O6S/c1-22(2)19-32(39(35,36)26-16-14-25(37-4)15-17-26)20-28(33)27(18-24-11-6-5-7-12-24)31-30(34)21-38-29-13-9-8-10-23(29)3/h5-17,22,27-28,33H,18-21H2,1-4H3,(H,31,34)/t27-,28+/m0/s1. The number of nitrogens with zero attached hydrogens (tertiary/aromatic N) is 1. The Hall–Kier alpha value is -3.40. The van der Waals surface area contributed by atoms with E-state index < -0.39 is 28.1 Å². The van der Waals surface area contributed by atoms with Gasteiger partial charge in [-0.05, 0) is 60.7 Å². The molecule has 0 unspecified atom stereocenters. The van der Waals surface area contributed by atoms with E-state index in [0.29, 0.717) is 17.9 Å². The van der Waals surface area contributed by atoms with Crippen LogP contribution in [-0.2, 0) is 21.2 Å². The highest BCUT2D eigenvalue weighted by atomic mass is 32.2. The highest BCUT2D eigenvalue weighted by Gasteiger charge is 2.31. The van der Waals surface area contributed by atoms with Crippen LogP contribution >= 0.6 is 0 Å². The normalized spacial score (nSPS) is 13.2. The summed E-state index contributed by atoms with van der Waals surface area (Å²) in [6, 6.07) is 22.2. The van der Waals surface area contributed by atoms with Gasteiger partial charge in [0.15, 0.2) is 6.61 Å². The average molecular weight is 555 g/mol. The molecule has 3 aromatic rings. The van der Waals surface area contributed by atoms with Gasteiger partial charge in [0.05, 0.1) is 24.2 Å². The van der Waals surface area contributed by atoms with E-state index in [4.69, 9.17) is 9.47 Å². The molecule has 0 heterocycles. The van der Waals surface area contributed by atoms with E-state index >= 15 is 0 Å². The Morgan fingerprint density at radius 2 is 1.59 bits per heavy atom. The van der Waals surface area contributed by atoms with Gasteiger partial charge in [0.25, 0.3) is 5.91 Å². The summed E-state index contributed by atoms with van der Waals surface area (Å²) in [5.74, 6) is 0.742. The van der Waals surface area contributed by atoms with Gasteiger partial charge in [0.1, 0.15) is 11.5 Å². The predicted molar refractivity (Wildman–Crippen MR) is 151 cm³/mol. The second-order valence-corrected chi connectivity index (χ2v) is 11.8. The number of amides is 1. The first-order valence-electron chi connectivity index (χ1n) is 12.9. The van der Waals surface area contributed by atoms with Crippen LogP contribution in [0.2, 0.25) is 0 Å². The summed E-state index contributed by atoms with van der Waals surface area (Å²) >= 11 is 0. The quantitative estimate of drug-likeness (QED) is 0.314. The molecule has 0 radical (unpaired) electrons. The number of ether oxygens (including phenoxy) is 2. The molecule has 1 amide bonds. The number of aryl methyl sites for hydroxylation is 1. The summed E-state index contributed by atoms with van der Waals surface area (Å²) in [6.45, 7) is 5.49. The third-order valence-electron chi connectivity index (χ3n) is 6.22. The molecule has 0 aliphatic heterocycles. The maximum absolute atomic E-state index is 13.6. The van der Waals surface area contributed by atoms with E-state index in [9.17, 15) is 18.3 Å². The van der Waals surface area contributed by atoms with Gasteiger partial charge in [-0.1, -0.05) is 62.4 Å². The number of sulfonamides is 1. The van der Waals surface area contributed by atoms with E-state index in [0.717, 1.165) is 11.1 Å². The molecular formula is C30H38N2O6S. The zero-order valence-electron chi connectivity index (χ0n) is 22.9. The lowest BCUT2D eigenvalue weighted by molar-refractivity contribution is -0.124. The molecule has 3 rings (SSSR count). The first-order valence-corrected chi connectivity index (χ1v) is 14.4. The topological polar surface area (TPSA) is 105 Å². The van der Waals surface area contributed by atoms with Crippen LogP contribution in [0, 0.1) is 12.8 Å². The summed E-state index contributed by atoms with van der Waals surface area (Å²) < 4.78 is 39.2. The van der Waals surface area contributed by atoms with Gasteiger partial charge in [0.2, 0.25) is 10.0 Å². The number of hydrogen-bond donors (Lipinski definition) is 2. The number of rotatable bonds is 14. The van der Waals surface area contributed by atoms with Crippen molar-refractivity contribution in [3.05, 3.63) is 90.0 Å². The molecule has 39 heavy (non-hydrogen) atoms. The van der Waals surface area contributed by atoms with Gasteiger partial charge < -0.3 is 19.9 Å². The van der Waals surface area contributed by atoms with Crippen molar-refractivity contribution in [1.29, 1.82) is 0 Å². The second-order valence-electron chi connectivity index (χ2n) is 9.88. The van der Waals surface area contributed by atoms with E-state index in [1.807, 2.05) is 69.3 Å². The summed E-state index contributed by atoms with van der Waals surface area (Å²) in [7, 11) is -2.41. The van der Waals surface area contributed by atoms with Crippen LogP contribution in [0.3, 0.4) is 0 Å². The Balaban J connectivity index is 1.80. The average Bonchev–Trinajstić information content (AvgIpc) is 2.92. The van der Waals surface area contributed by atoms with E-state index in [2.05, 4.69) is 5.32 Å². The first-order chi connectivity index (χ1) is 18.6. The molecule has 3 aromatic carbocycles. The maximum Gasteiger partial charge on any atom is 0.258 e. The molecule has 0 saturated carbocycles. The number of aliphatic hydroxyl groups is 1. The van der Waals surface area contributed by atoms with Crippen LogP contribution in [-0.4, -0.2) is 62.7 Å². The van der Waals surface area contributed by atoms with Crippen molar-refractivity contribution in [1.82, 2.24) is 9.62 Å². The van der Waals surface area contributed by atoms with Crippen molar-refractivity contribution in [2.24, 2.45) is 5.92 Å². The van der Waals surface area contributed by atoms with Gasteiger partial charge >= 0.3 is 0 Å². The molecule has 0 spiro atoms. The van der Waals surface area contributed by atoms with Crippen LogP contribution in [0.25, 0.3) is 0 Å². The van der Waals surface area contributed by atoms with Crippen LogP contribution < -0.4 is 14.8 Å². The molecule has 8 nitrogen and oxygen atoms in total. The highest BCUT2D eigenvalue weighted by molar-refractivity contribution is 7.89. The second kappa shape index (κ2) is 14.1. The molecule has 0 bridgehead atoms. The summed E-state index contributed by atoms with van der Waals surface area (Å²) in [4.78, 5) is 13.0. The van der Waals surface area contributed by atoms with Crippen molar-refractivity contribution < 1.29 is 27.8 Å². The third kappa shape index (κ3) is 8.81. The summed E-state index contributed by atoms with van der Waals surface area (Å²) in [5.41, 5.74) is 1.80. The molecule has 0 aromatic heterocycles. The Bertz CT molecular complexity index is 1300. The van der Waals surface area contributed by atoms with E-state index in [-0.39, 0.29) is 30.5 Å². The van der Waals surface area contributed by atoms with Gasteiger partial charge in [-0.25, -0.2) is 8.42 Å². The van der Waals surface area contributed by atoms with Crippen LogP contribution in [0.4, 0.5) is 0 Å². The van der Waals surface area contributed by atoms with Crippen LogP contribution in [0.5, 0.6) is 11.5 Å². The zero-order valence-corrected chi connectivity index (χ0v) is 23.7. The fourth-order valence-electron chi connectivity index (χ4n) is 4.17. The molecule has 0 aliphatic carbocycles. The molecule has 0 aliphatic rings. The summed E-state index contributed by atoms with van der Waals surface area (Å²) in [6.07, 6.45) is -0.865. The number of methoxy groups -OCH3 is 1. The number of benzene rings is 3. The molecular weight excluding hydrogens is 516 g/mol. The third-order valence-corrected chi connectivity index (χ3v) is 8.06. The maximum atomic E-state index is 13.6. The Morgan fingerprint density at radius 3 is 2.21 bits per heavy atom. The minimum Gasteiger partial charge on any atom is -0.497 e. The van der Waals surface area contributed by atoms with Gasteiger partial charge in [-0.2, -0.15) is 4.31 Å². The Labute approximate surface area is 231 Å². The molecule has 2 N–H and O–H groups in total. The van der Waals surface area contributed by atoms with E-state index in [1.165, 1.54) is 23.5 Å². The lowest BCUT2D eigenvalue weighted by atomic mass is 10.0. The smallest absolute Gasteiger partial charge is 0.258 e. The lowest BCUT2D eigenvalue weighted by Gasteiger charge is -2.30. The lowest BCUT2D eigenvalue weighted by Crippen LogP contribution is -2.52. The minimum absolute atomic E-state index is 0.00917. The zero-order chi connectivity index (χ0) is 28.4. The van der Waals surface area contributed by atoms with E-state index in [1.54, 1.807) is 18.2 Å².